The van der Waals surface area contributed by atoms with Crippen LogP contribution in [0.2, 0.25) is 0 Å². The molecule has 2 unspecified atom stereocenters. The molecule has 0 N–H and O–H groups in total. The van der Waals surface area contributed by atoms with Gasteiger partial charge in [-0.2, -0.15) is 0 Å². The molecule has 2 heterocycles. The summed E-state index contributed by atoms with van der Waals surface area (Å²) in [5.41, 5.74) is 0.814. The van der Waals surface area contributed by atoms with E-state index in [-0.39, 0.29) is 23.9 Å². The molecule has 2 aliphatic heterocycles. The molecular formula is C16H19BrN2O2. The van der Waals surface area contributed by atoms with Gasteiger partial charge in [0.1, 0.15) is 12.1 Å². The summed E-state index contributed by atoms with van der Waals surface area (Å²) >= 11 is 3.41. The molecule has 2 fully saturated rings. The van der Waals surface area contributed by atoms with Crippen LogP contribution in [0.25, 0.3) is 0 Å². The quantitative estimate of drug-likeness (QED) is 0.822. The lowest BCUT2D eigenvalue weighted by atomic mass is 9.94. The van der Waals surface area contributed by atoms with E-state index in [1.807, 2.05) is 31.2 Å². The Morgan fingerprint density at radius 2 is 1.86 bits per heavy atom. The Morgan fingerprint density at radius 3 is 2.52 bits per heavy atom. The molecule has 112 valence electrons. The number of carbonyl (C=O) groups excluding carboxylic acids is 2. The number of anilines is 1. The molecule has 0 saturated carbocycles. The van der Waals surface area contributed by atoms with Crippen molar-refractivity contribution in [1.29, 1.82) is 0 Å². The minimum absolute atomic E-state index is 0.0727. The predicted octanol–water partition coefficient (Wildman–Crippen LogP) is 2.96. The summed E-state index contributed by atoms with van der Waals surface area (Å²) < 4.78 is 0.967. The fourth-order valence-corrected chi connectivity index (χ4v) is 3.60. The van der Waals surface area contributed by atoms with Crippen LogP contribution in [0.15, 0.2) is 28.7 Å². The standard InChI is InChI=1S/C16H19BrN2O2/c1-2-13-15(20)18-10-4-3-5-14(18)16(21)19(13)12-8-6-11(17)7-9-12/h6-9,13-14H,2-5,10H2,1H3. The SMILES string of the molecule is CCC1C(=O)N2CCCCC2C(=O)N1c1ccc(Br)cc1. The third-order valence-electron chi connectivity index (χ3n) is 4.40. The Balaban J connectivity index is 1.98. The predicted molar refractivity (Wildman–Crippen MR) is 85.1 cm³/mol. The van der Waals surface area contributed by atoms with Crippen molar-refractivity contribution >= 4 is 33.4 Å². The van der Waals surface area contributed by atoms with Gasteiger partial charge in [0.2, 0.25) is 5.91 Å². The van der Waals surface area contributed by atoms with Gasteiger partial charge >= 0.3 is 0 Å². The summed E-state index contributed by atoms with van der Waals surface area (Å²) in [5.74, 6) is 0.174. The summed E-state index contributed by atoms with van der Waals surface area (Å²) in [6, 6.07) is 6.98. The van der Waals surface area contributed by atoms with E-state index in [1.165, 1.54) is 0 Å². The van der Waals surface area contributed by atoms with Crippen LogP contribution in [0.3, 0.4) is 0 Å². The van der Waals surface area contributed by atoms with Crippen molar-refractivity contribution in [1.82, 2.24) is 4.90 Å². The Labute approximate surface area is 133 Å². The van der Waals surface area contributed by atoms with Crippen molar-refractivity contribution in [3.8, 4) is 0 Å². The first-order valence-electron chi connectivity index (χ1n) is 7.52. The number of hydrogen-bond acceptors (Lipinski definition) is 2. The van der Waals surface area contributed by atoms with E-state index in [1.54, 1.807) is 9.80 Å². The molecule has 0 aromatic heterocycles. The lowest BCUT2D eigenvalue weighted by Crippen LogP contribution is -2.66. The van der Waals surface area contributed by atoms with Crippen LogP contribution in [0.4, 0.5) is 5.69 Å². The molecule has 1 aromatic carbocycles. The van der Waals surface area contributed by atoms with Crippen molar-refractivity contribution in [3.05, 3.63) is 28.7 Å². The summed E-state index contributed by atoms with van der Waals surface area (Å²) in [6.45, 7) is 2.69. The number of piperidine rings is 1. The minimum atomic E-state index is -0.368. The van der Waals surface area contributed by atoms with Gasteiger partial charge in [-0.25, -0.2) is 0 Å². The molecule has 2 atom stereocenters. The smallest absolute Gasteiger partial charge is 0.250 e. The van der Waals surface area contributed by atoms with Crippen LogP contribution in [-0.4, -0.2) is 35.3 Å². The Hall–Kier alpha value is -1.36. The molecule has 2 amide bonds. The number of amides is 2. The highest BCUT2D eigenvalue weighted by atomic mass is 79.9. The molecule has 1 aromatic rings. The summed E-state index contributed by atoms with van der Waals surface area (Å²) in [4.78, 5) is 29.1. The monoisotopic (exact) mass is 350 g/mol. The van der Waals surface area contributed by atoms with Gasteiger partial charge in [0.15, 0.2) is 0 Å². The first kappa shape index (κ1) is 14.6. The third-order valence-corrected chi connectivity index (χ3v) is 4.93. The molecule has 3 rings (SSSR count). The maximum atomic E-state index is 12.9. The van der Waals surface area contributed by atoms with E-state index >= 15 is 0 Å². The number of halogens is 1. The topological polar surface area (TPSA) is 40.6 Å². The van der Waals surface area contributed by atoms with Gasteiger partial charge in [-0.1, -0.05) is 22.9 Å². The summed E-state index contributed by atoms with van der Waals surface area (Å²) in [6.07, 6.45) is 3.45. The van der Waals surface area contributed by atoms with Crippen LogP contribution >= 0.6 is 15.9 Å². The summed E-state index contributed by atoms with van der Waals surface area (Å²) in [5, 5.41) is 0. The molecule has 2 saturated heterocycles. The first-order valence-corrected chi connectivity index (χ1v) is 8.32. The van der Waals surface area contributed by atoms with Crippen molar-refractivity contribution in [2.24, 2.45) is 0 Å². The zero-order valence-corrected chi connectivity index (χ0v) is 13.7. The molecule has 4 nitrogen and oxygen atoms in total. The van der Waals surface area contributed by atoms with E-state index in [9.17, 15) is 9.59 Å². The Kier molecular flexibility index (Phi) is 4.02. The van der Waals surface area contributed by atoms with Crippen LogP contribution in [-0.2, 0) is 9.59 Å². The van der Waals surface area contributed by atoms with E-state index < -0.39 is 0 Å². The average molecular weight is 351 g/mol. The third kappa shape index (κ3) is 2.48. The van der Waals surface area contributed by atoms with Crippen LogP contribution in [0.1, 0.15) is 32.6 Å². The maximum absolute atomic E-state index is 12.9. The van der Waals surface area contributed by atoms with Crippen LogP contribution < -0.4 is 4.90 Å². The van der Waals surface area contributed by atoms with Gasteiger partial charge < -0.3 is 4.90 Å². The van der Waals surface area contributed by atoms with Crippen molar-refractivity contribution in [2.75, 3.05) is 11.4 Å². The number of benzene rings is 1. The number of nitrogens with zero attached hydrogens (tertiary/aromatic N) is 2. The van der Waals surface area contributed by atoms with Crippen LogP contribution in [0.5, 0.6) is 0 Å². The van der Waals surface area contributed by atoms with Gasteiger partial charge in [-0.3, -0.25) is 14.5 Å². The highest BCUT2D eigenvalue weighted by Crippen LogP contribution is 2.31. The van der Waals surface area contributed by atoms with E-state index in [0.29, 0.717) is 6.42 Å². The Bertz CT molecular complexity index is 558. The number of hydrogen-bond donors (Lipinski definition) is 0. The molecule has 0 spiro atoms. The molecule has 21 heavy (non-hydrogen) atoms. The molecular weight excluding hydrogens is 332 g/mol. The molecule has 0 aliphatic carbocycles. The molecule has 5 heteroatoms. The van der Waals surface area contributed by atoms with Gasteiger partial charge in [-0.15, -0.1) is 0 Å². The largest absolute Gasteiger partial charge is 0.329 e. The van der Waals surface area contributed by atoms with E-state index in [4.69, 9.17) is 0 Å². The normalized spacial score (nSPS) is 26.0. The number of rotatable bonds is 2. The van der Waals surface area contributed by atoms with Gasteiger partial charge in [0.25, 0.3) is 5.91 Å². The van der Waals surface area contributed by atoms with Crippen molar-refractivity contribution in [3.63, 3.8) is 0 Å². The number of fused-ring (bicyclic) bond motifs is 1. The van der Waals surface area contributed by atoms with Gasteiger partial charge in [0.05, 0.1) is 0 Å². The fraction of sp³-hybridized carbons (Fsp3) is 0.500. The van der Waals surface area contributed by atoms with Crippen molar-refractivity contribution in [2.45, 2.75) is 44.7 Å². The lowest BCUT2D eigenvalue weighted by molar-refractivity contribution is -0.148. The highest BCUT2D eigenvalue weighted by Gasteiger charge is 2.46. The minimum Gasteiger partial charge on any atom is -0.329 e. The van der Waals surface area contributed by atoms with Crippen LogP contribution in [0, 0.1) is 0 Å². The zero-order chi connectivity index (χ0) is 15.0. The summed E-state index contributed by atoms with van der Waals surface area (Å²) in [7, 11) is 0. The number of carbonyl (C=O) groups is 2. The molecule has 0 bridgehead atoms. The zero-order valence-electron chi connectivity index (χ0n) is 12.1. The Morgan fingerprint density at radius 1 is 1.14 bits per heavy atom. The maximum Gasteiger partial charge on any atom is 0.250 e. The van der Waals surface area contributed by atoms with Gasteiger partial charge in [0, 0.05) is 16.7 Å². The second-order valence-electron chi connectivity index (χ2n) is 5.65. The lowest BCUT2D eigenvalue weighted by Gasteiger charge is -2.46. The van der Waals surface area contributed by atoms with Gasteiger partial charge in [-0.05, 0) is 49.9 Å². The van der Waals surface area contributed by atoms with Crippen molar-refractivity contribution < 1.29 is 9.59 Å². The average Bonchev–Trinajstić information content (AvgIpc) is 2.52. The second kappa shape index (κ2) is 5.79. The second-order valence-corrected chi connectivity index (χ2v) is 6.57. The fourth-order valence-electron chi connectivity index (χ4n) is 3.33. The first-order chi connectivity index (χ1) is 10.1. The molecule has 2 aliphatic rings. The number of piperazine rings is 1. The van der Waals surface area contributed by atoms with E-state index in [0.717, 1.165) is 36.0 Å². The highest BCUT2D eigenvalue weighted by molar-refractivity contribution is 9.10. The molecule has 0 radical (unpaired) electrons. The van der Waals surface area contributed by atoms with E-state index in [2.05, 4.69) is 15.9 Å².